The monoisotopic (exact) mass is 301 g/mol. The fourth-order valence-electron chi connectivity index (χ4n) is 2.87. The summed E-state index contributed by atoms with van der Waals surface area (Å²) in [5.41, 5.74) is 2.01. The number of aryl methyl sites for hydroxylation is 1. The molecule has 2 aromatic heterocycles. The van der Waals surface area contributed by atoms with Gasteiger partial charge in [0.15, 0.2) is 5.65 Å². The Morgan fingerprint density at radius 2 is 2.05 bits per heavy atom. The fraction of sp³-hybridized carbons (Fsp3) is 0.467. The second-order valence-electron chi connectivity index (χ2n) is 5.65. The van der Waals surface area contributed by atoms with Gasteiger partial charge < -0.3 is 10.2 Å². The van der Waals surface area contributed by atoms with Crippen molar-refractivity contribution in [2.45, 2.75) is 32.7 Å². The average molecular weight is 301 g/mol. The van der Waals surface area contributed by atoms with Gasteiger partial charge in [0.05, 0.1) is 6.20 Å². The first-order chi connectivity index (χ1) is 10.5. The minimum atomic E-state index is -0.0412. The van der Waals surface area contributed by atoms with Crippen molar-refractivity contribution in [2.75, 3.05) is 13.1 Å². The second-order valence-corrected chi connectivity index (χ2v) is 5.65. The molecule has 1 aliphatic rings. The van der Waals surface area contributed by atoms with Crippen molar-refractivity contribution in [1.29, 1.82) is 0 Å². The number of amides is 2. The number of carbonyl (C=O) groups excluding carboxylic acids is 2. The minimum absolute atomic E-state index is 0.0206. The molecule has 1 N–H and O–H groups in total. The first kappa shape index (κ1) is 14.5. The molecule has 0 unspecified atom stereocenters. The van der Waals surface area contributed by atoms with Gasteiger partial charge in [-0.2, -0.15) is 5.10 Å². The SMILES string of the molecule is CC(=O)NC1CCN(C(=O)c2cc(C)nc3ccnn23)CC1. The third-order valence-corrected chi connectivity index (χ3v) is 3.90. The van der Waals surface area contributed by atoms with E-state index in [1.54, 1.807) is 22.8 Å². The van der Waals surface area contributed by atoms with Gasteiger partial charge in [-0.3, -0.25) is 9.59 Å². The van der Waals surface area contributed by atoms with Gasteiger partial charge in [0.1, 0.15) is 5.69 Å². The first-order valence-corrected chi connectivity index (χ1v) is 7.42. The highest BCUT2D eigenvalue weighted by Gasteiger charge is 2.25. The Bertz CT molecular complexity index is 716. The maximum absolute atomic E-state index is 12.7. The van der Waals surface area contributed by atoms with E-state index in [1.807, 2.05) is 11.8 Å². The standard InChI is InChI=1S/C15H19N5O2/c1-10-9-13(20-14(17-10)3-6-16-20)15(22)19-7-4-12(5-8-19)18-11(2)21/h3,6,9,12H,4-5,7-8H2,1-2H3,(H,18,21). The molecule has 7 nitrogen and oxygen atoms in total. The van der Waals surface area contributed by atoms with Gasteiger partial charge in [0.25, 0.3) is 5.91 Å². The number of fused-ring (bicyclic) bond motifs is 1. The lowest BCUT2D eigenvalue weighted by atomic mass is 10.0. The van der Waals surface area contributed by atoms with Crippen molar-refractivity contribution in [3.63, 3.8) is 0 Å². The van der Waals surface area contributed by atoms with Crippen LogP contribution in [0.2, 0.25) is 0 Å². The van der Waals surface area contributed by atoms with Crippen LogP contribution in [0.15, 0.2) is 18.3 Å². The molecule has 1 aliphatic heterocycles. The Morgan fingerprint density at radius 1 is 1.32 bits per heavy atom. The van der Waals surface area contributed by atoms with Gasteiger partial charge in [0, 0.05) is 37.8 Å². The third-order valence-electron chi connectivity index (χ3n) is 3.90. The van der Waals surface area contributed by atoms with Crippen LogP contribution in [-0.2, 0) is 4.79 Å². The highest BCUT2D eigenvalue weighted by molar-refractivity contribution is 5.93. The van der Waals surface area contributed by atoms with E-state index in [-0.39, 0.29) is 17.9 Å². The Morgan fingerprint density at radius 3 is 2.73 bits per heavy atom. The summed E-state index contributed by atoms with van der Waals surface area (Å²) >= 11 is 0. The molecular weight excluding hydrogens is 282 g/mol. The van der Waals surface area contributed by atoms with Gasteiger partial charge in [-0.15, -0.1) is 0 Å². The summed E-state index contributed by atoms with van der Waals surface area (Å²) in [6, 6.07) is 3.71. The maximum Gasteiger partial charge on any atom is 0.272 e. The van der Waals surface area contributed by atoms with Crippen molar-refractivity contribution in [2.24, 2.45) is 0 Å². The molecule has 0 aliphatic carbocycles. The number of nitrogens with zero attached hydrogens (tertiary/aromatic N) is 4. The molecule has 2 aromatic rings. The predicted molar refractivity (Wildman–Crippen MR) is 80.5 cm³/mol. The molecule has 0 saturated carbocycles. The van der Waals surface area contributed by atoms with Crippen LogP contribution in [-0.4, -0.2) is 50.4 Å². The molecule has 0 bridgehead atoms. The van der Waals surface area contributed by atoms with Crippen LogP contribution in [0.5, 0.6) is 0 Å². The average Bonchev–Trinajstić information content (AvgIpc) is 2.94. The van der Waals surface area contributed by atoms with Crippen molar-refractivity contribution in [3.8, 4) is 0 Å². The van der Waals surface area contributed by atoms with Gasteiger partial charge >= 0.3 is 0 Å². The van der Waals surface area contributed by atoms with E-state index in [1.165, 1.54) is 6.92 Å². The third kappa shape index (κ3) is 2.79. The lowest BCUT2D eigenvalue weighted by molar-refractivity contribution is -0.119. The van der Waals surface area contributed by atoms with E-state index in [4.69, 9.17) is 0 Å². The van der Waals surface area contributed by atoms with Crippen LogP contribution in [0.1, 0.15) is 35.9 Å². The molecule has 0 aromatic carbocycles. The lowest BCUT2D eigenvalue weighted by Crippen LogP contribution is -2.46. The predicted octanol–water partition coefficient (Wildman–Crippen LogP) is 0.778. The van der Waals surface area contributed by atoms with Crippen LogP contribution in [0.25, 0.3) is 5.65 Å². The second kappa shape index (κ2) is 5.75. The van der Waals surface area contributed by atoms with Crippen LogP contribution in [0.4, 0.5) is 0 Å². The number of carbonyl (C=O) groups is 2. The normalized spacial score (nSPS) is 16.0. The Kier molecular flexibility index (Phi) is 3.79. The number of likely N-dealkylation sites (tertiary alicyclic amines) is 1. The van der Waals surface area contributed by atoms with Crippen molar-refractivity contribution in [3.05, 3.63) is 29.7 Å². The first-order valence-electron chi connectivity index (χ1n) is 7.42. The summed E-state index contributed by atoms with van der Waals surface area (Å²) in [5, 5.41) is 7.09. The summed E-state index contributed by atoms with van der Waals surface area (Å²) in [6.45, 7) is 4.65. The number of aromatic nitrogens is 3. The zero-order valence-electron chi connectivity index (χ0n) is 12.7. The Balaban J connectivity index is 1.77. The number of nitrogens with one attached hydrogen (secondary N) is 1. The molecule has 1 fully saturated rings. The van der Waals surface area contributed by atoms with E-state index in [2.05, 4.69) is 15.4 Å². The van der Waals surface area contributed by atoms with Gasteiger partial charge in [-0.05, 0) is 25.8 Å². The molecule has 3 heterocycles. The fourth-order valence-corrected chi connectivity index (χ4v) is 2.87. The van der Waals surface area contributed by atoms with E-state index in [0.29, 0.717) is 24.4 Å². The molecule has 2 amide bonds. The van der Waals surface area contributed by atoms with Crippen LogP contribution in [0, 0.1) is 6.92 Å². The molecule has 22 heavy (non-hydrogen) atoms. The summed E-state index contributed by atoms with van der Waals surface area (Å²) in [5.74, 6) is -0.0618. The van der Waals surface area contributed by atoms with E-state index in [9.17, 15) is 9.59 Å². The van der Waals surface area contributed by atoms with Gasteiger partial charge in [-0.1, -0.05) is 0 Å². The van der Waals surface area contributed by atoms with E-state index < -0.39 is 0 Å². The molecule has 0 spiro atoms. The Labute approximate surface area is 128 Å². The van der Waals surface area contributed by atoms with Crippen molar-refractivity contribution in [1.82, 2.24) is 24.8 Å². The molecule has 3 rings (SSSR count). The summed E-state index contributed by atoms with van der Waals surface area (Å²) in [7, 11) is 0. The van der Waals surface area contributed by atoms with Crippen molar-refractivity contribution < 1.29 is 9.59 Å². The van der Waals surface area contributed by atoms with E-state index >= 15 is 0 Å². The van der Waals surface area contributed by atoms with E-state index in [0.717, 1.165) is 18.5 Å². The quantitative estimate of drug-likeness (QED) is 0.889. The van der Waals surface area contributed by atoms with Crippen molar-refractivity contribution >= 4 is 17.5 Å². The largest absolute Gasteiger partial charge is 0.353 e. The maximum atomic E-state index is 12.7. The topological polar surface area (TPSA) is 79.6 Å². The molecule has 0 radical (unpaired) electrons. The van der Waals surface area contributed by atoms with Crippen LogP contribution >= 0.6 is 0 Å². The molecule has 116 valence electrons. The zero-order chi connectivity index (χ0) is 15.7. The van der Waals surface area contributed by atoms with Crippen LogP contribution < -0.4 is 5.32 Å². The summed E-state index contributed by atoms with van der Waals surface area (Å²) < 4.78 is 1.58. The highest BCUT2D eigenvalue weighted by atomic mass is 16.2. The number of hydrogen-bond acceptors (Lipinski definition) is 4. The number of rotatable bonds is 2. The summed E-state index contributed by atoms with van der Waals surface area (Å²) in [4.78, 5) is 30.0. The highest BCUT2D eigenvalue weighted by Crippen LogP contribution is 2.15. The summed E-state index contributed by atoms with van der Waals surface area (Å²) in [6.07, 6.45) is 3.19. The van der Waals surface area contributed by atoms with Crippen LogP contribution in [0.3, 0.4) is 0 Å². The molecule has 1 saturated heterocycles. The lowest BCUT2D eigenvalue weighted by Gasteiger charge is -2.32. The smallest absolute Gasteiger partial charge is 0.272 e. The number of hydrogen-bond donors (Lipinski definition) is 1. The Hall–Kier alpha value is -2.44. The zero-order valence-corrected chi connectivity index (χ0v) is 12.7. The minimum Gasteiger partial charge on any atom is -0.353 e. The molecular formula is C15H19N5O2. The number of piperidine rings is 1. The van der Waals surface area contributed by atoms with Gasteiger partial charge in [0.2, 0.25) is 5.91 Å². The van der Waals surface area contributed by atoms with Gasteiger partial charge in [-0.25, -0.2) is 9.50 Å². The molecule has 0 atom stereocenters. The molecule has 7 heteroatoms.